The summed E-state index contributed by atoms with van der Waals surface area (Å²) in [6.07, 6.45) is 6.92. The molecule has 172 valence electrons. The average molecular weight is 439 g/mol. The van der Waals surface area contributed by atoms with Crippen molar-refractivity contribution in [1.82, 2.24) is 9.97 Å². The molecular formula is C25H34N4O3. The first kappa shape index (κ1) is 22.5. The van der Waals surface area contributed by atoms with Gasteiger partial charge in [0.2, 0.25) is 0 Å². The Morgan fingerprint density at radius 3 is 2.66 bits per heavy atom. The zero-order valence-electron chi connectivity index (χ0n) is 19.2. The fourth-order valence-electron chi connectivity index (χ4n) is 5.37. The first-order valence-electron chi connectivity index (χ1n) is 11.6. The van der Waals surface area contributed by atoms with E-state index in [9.17, 15) is 9.90 Å². The van der Waals surface area contributed by atoms with Crippen molar-refractivity contribution in [3.05, 3.63) is 35.2 Å². The number of fused-ring (bicyclic) bond motifs is 3. The molecule has 1 heterocycles. The molecule has 2 aromatic rings. The van der Waals surface area contributed by atoms with Gasteiger partial charge in [0.05, 0.1) is 11.8 Å². The van der Waals surface area contributed by atoms with Gasteiger partial charge in [-0.1, -0.05) is 20.8 Å². The highest BCUT2D eigenvalue weighted by Crippen LogP contribution is 2.49. The Bertz CT molecular complexity index is 1010. The number of aromatic nitrogens is 2. The number of anilines is 1. The summed E-state index contributed by atoms with van der Waals surface area (Å²) in [5.41, 5.74) is 17.3. The number of nitrogens with zero attached hydrogens (tertiary/aromatic N) is 2. The van der Waals surface area contributed by atoms with E-state index in [-0.39, 0.29) is 29.9 Å². The minimum Gasteiger partial charge on any atom is -0.490 e. The Hall–Kier alpha value is -2.67. The molecule has 5 N–H and O–H groups in total. The largest absolute Gasteiger partial charge is 0.490 e. The van der Waals surface area contributed by atoms with E-state index in [0.29, 0.717) is 12.2 Å². The summed E-state index contributed by atoms with van der Waals surface area (Å²) in [6, 6.07) is 4.36. The van der Waals surface area contributed by atoms with Crippen LogP contribution in [0.4, 0.5) is 5.82 Å². The van der Waals surface area contributed by atoms with Crippen LogP contribution in [-0.4, -0.2) is 33.2 Å². The van der Waals surface area contributed by atoms with E-state index in [2.05, 4.69) is 36.8 Å². The van der Waals surface area contributed by atoms with Crippen molar-refractivity contribution in [2.24, 2.45) is 5.73 Å². The predicted octanol–water partition coefficient (Wildman–Crippen LogP) is 4.18. The number of carboxylic acids is 1. The highest BCUT2D eigenvalue weighted by atomic mass is 16.5. The van der Waals surface area contributed by atoms with Gasteiger partial charge in [0.25, 0.3) is 0 Å². The minimum atomic E-state index is -0.781. The Kier molecular flexibility index (Phi) is 6.12. The van der Waals surface area contributed by atoms with Gasteiger partial charge in [-0.3, -0.25) is 4.79 Å². The first-order chi connectivity index (χ1) is 15.2. The molecule has 0 amide bonds. The van der Waals surface area contributed by atoms with E-state index in [0.717, 1.165) is 60.2 Å². The average Bonchev–Trinajstić information content (AvgIpc) is 2.73. The van der Waals surface area contributed by atoms with Crippen molar-refractivity contribution in [1.29, 1.82) is 0 Å². The van der Waals surface area contributed by atoms with Crippen LogP contribution in [0.25, 0.3) is 11.3 Å². The van der Waals surface area contributed by atoms with Crippen molar-refractivity contribution in [2.45, 2.75) is 89.2 Å². The molecule has 4 rings (SSSR count). The lowest BCUT2D eigenvalue weighted by Crippen LogP contribution is -2.32. The molecule has 0 spiro atoms. The number of benzene rings is 1. The lowest BCUT2D eigenvalue weighted by atomic mass is 9.69. The van der Waals surface area contributed by atoms with Crippen molar-refractivity contribution < 1.29 is 14.6 Å². The molecule has 2 aliphatic carbocycles. The van der Waals surface area contributed by atoms with E-state index >= 15 is 0 Å². The smallest absolute Gasteiger partial charge is 0.303 e. The van der Waals surface area contributed by atoms with Crippen LogP contribution < -0.4 is 16.2 Å². The van der Waals surface area contributed by atoms with Crippen molar-refractivity contribution >= 4 is 11.8 Å². The molecule has 0 aliphatic heterocycles. The third-order valence-electron chi connectivity index (χ3n) is 7.04. The number of aliphatic carboxylic acids is 1. The summed E-state index contributed by atoms with van der Waals surface area (Å²) in [5.74, 6) is 0.642. The van der Waals surface area contributed by atoms with E-state index in [1.165, 1.54) is 11.9 Å². The number of ether oxygens (including phenoxy) is 1. The second-order valence-electron chi connectivity index (χ2n) is 10.0. The van der Waals surface area contributed by atoms with E-state index in [4.69, 9.17) is 16.2 Å². The van der Waals surface area contributed by atoms with Crippen LogP contribution in [0.15, 0.2) is 18.5 Å². The normalized spacial score (nSPS) is 22.5. The van der Waals surface area contributed by atoms with Gasteiger partial charge in [-0.25, -0.2) is 9.97 Å². The Balaban J connectivity index is 1.80. The molecule has 0 bridgehead atoms. The molecule has 32 heavy (non-hydrogen) atoms. The summed E-state index contributed by atoms with van der Waals surface area (Å²) in [6.45, 7) is 6.42. The van der Waals surface area contributed by atoms with Crippen LogP contribution in [0.3, 0.4) is 0 Å². The minimum absolute atomic E-state index is 0.0402. The lowest BCUT2D eigenvalue weighted by Gasteiger charge is -2.37. The maximum atomic E-state index is 11.3. The lowest BCUT2D eigenvalue weighted by molar-refractivity contribution is -0.137. The van der Waals surface area contributed by atoms with E-state index in [1.807, 2.05) is 6.07 Å². The van der Waals surface area contributed by atoms with Gasteiger partial charge in [-0.15, -0.1) is 0 Å². The summed E-state index contributed by atoms with van der Waals surface area (Å²) < 4.78 is 6.55. The van der Waals surface area contributed by atoms with Crippen LogP contribution in [0.2, 0.25) is 0 Å². The van der Waals surface area contributed by atoms with Crippen LogP contribution in [0.5, 0.6) is 5.75 Å². The summed E-state index contributed by atoms with van der Waals surface area (Å²) >= 11 is 0. The quantitative estimate of drug-likeness (QED) is 0.618. The number of hydrogen-bond acceptors (Lipinski definition) is 6. The Labute approximate surface area is 189 Å². The molecule has 0 saturated heterocycles. The maximum Gasteiger partial charge on any atom is 0.303 e. The molecule has 7 nitrogen and oxygen atoms in total. The second-order valence-corrected chi connectivity index (χ2v) is 10.0. The molecule has 1 saturated carbocycles. The van der Waals surface area contributed by atoms with Crippen molar-refractivity contribution in [3.8, 4) is 17.0 Å². The number of carbonyl (C=O) groups is 1. The van der Waals surface area contributed by atoms with Gasteiger partial charge in [0.15, 0.2) is 0 Å². The summed E-state index contributed by atoms with van der Waals surface area (Å²) in [7, 11) is 0. The van der Waals surface area contributed by atoms with Crippen LogP contribution in [0.1, 0.15) is 81.9 Å². The van der Waals surface area contributed by atoms with Gasteiger partial charge < -0.3 is 21.3 Å². The van der Waals surface area contributed by atoms with E-state index < -0.39 is 5.97 Å². The van der Waals surface area contributed by atoms with Crippen molar-refractivity contribution in [2.75, 3.05) is 5.73 Å². The van der Waals surface area contributed by atoms with Gasteiger partial charge in [0, 0.05) is 29.2 Å². The molecule has 1 atom stereocenters. The molecule has 0 radical (unpaired) electrons. The molecule has 1 fully saturated rings. The number of hydrogen-bond donors (Lipinski definition) is 3. The third kappa shape index (κ3) is 4.31. The topological polar surface area (TPSA) is 124 Å². The summed E-state index contributed by atoms with van der Waals surface area (Å²) in [4.78, 5) is 20.1. The van der Waals surface area contributed by atoms with Gasteiger partial charge >= 0.3 is 5.97 Å². The number of nitrogens with two attached hydrogens (primary N) is 2. The highest BCUT2D eigenvalue weighted by Gasteiger charge is 2.37. The molecule has 1 aromatic heterocycles. The highest BCUT2D eigenvalue weighted by molar-refractivity contribution is 5.78. The molecule has 1 aromatic carbocycles. The number of carboxylic acid groups (broad SMARTS) is 1. The van der Waals surface area contributed by atoms with Crippen LogP contribution in [-0.2, 0) is 16.6 Å². The Morgan fingerprint density at radius 2 is 1.97 bits per heavy atom. The predicted molar refractivity (Wildman–Crippen MR) is 125 cm³/mol. The van der Waals surface area contributed by atoms with Gasteiger partial charge in [-0.05, 0) is 67.6 Å². The van der Waals surface area contributed by atoms with Crippen LogP contribution >= 0.6 is 0 Å². The Morgan fingerprint density at radius 1 is 1.25 bits per heavy atom. The summed E-state index contributed by atoms with van der Waals surface area (Å²) in [5, 5.41) is 9.27. The molecular weight excluding hydrogens is 404 g/mol. The number of rotatable bonds is 6. The second kappa shape index (κ2) is 8.70. The molecule has 2 aliphatic rings. The maximum absolute atomic E-state index is 11.3. The van der Waals surface area contributed by atoms with Gasteiger partial charge in [-0.2, -0.15) is 0 Å². The van der Waals surface area contributed by atoms with E-state index in [1.54, 1.807) is 0 Å². The van der Waals surface area contributed by atoms with Crippen LogP contribution in [0, 0.1) is 0 Å². The monoisotopic (exact) mass is 438 g/mol. The zero-order valence-corrected chi connectivity index (χ0v) is 19.2. The molecule has 7 heteroatoms. The standard InChI is InChI=1S/C25H34N4O3/c1-14(4-11-20(30)31)21-18-12-25(2,3)22-23(28-13-29-24(22)27)17(18)9-10-19(21)32-16-7-5-15(26)6-8-16/h9-10,13-16H,4-8,11-12,26H2,1-3H3,(H,30,31)(H2,27,28,29)/t14?,15-,16-. The van der Waals surface area contributed by atoms with Gasteiger partial charge in [0.1, 0.15) is 17.9 Å². The third-order valence-corrected chi connectivity index (χ3v) is 7.04. The number of nitrogen functional groups attached to an aromatic ring is 1. The fraction of sp³-hybridized carbons (Fsp3) is 0.560. The molecule has 1 unspecified atom stereocenters. The zero-order chi connectivity index (χ0) is 23.0. The first-order valence-corrected chi connectivity index (χ1v) is 11.6. The van der Waals surface area contributed by atoms with Crippen molar-refractivity contribution in [3.63, 3.8) is 0 Å². The fourth-order valence-corrected chi connectivity index (χ4v) is 5.37. The SMILES string of the molecule is CC(CCC(=O)O)c1c(O[C@H]2CC[C@H](N)CC2)ccc2c1CC(C)(C)c1c(N)ncnc1-2.